The van der Waals surface area contributed by atoms with Crippen molar-refractivity contribution in [1.82, 2.24) is 20.3 Å². The zero-order chi connectivity index (χ0) is 17.9. The molecule has 0 aliphatic carbocycles. The maximum absolute atomic E-state index is 11.4. The topological polar surface area (TPSA) is 95.2 Å². The molecular formula is C18H20N6O2. The number of nitrogens with zero attached hydrogens (tertiary/aromatic N) is 3. The van der Waals surface area contributed by atoms with E-state index in [9.17, 15) is 4.79 Å². The molecule has 8 nitrogen and oxygen atoms in total. The summed E-state index contributed by atoms with van der Waals surface area (Å²) in [4.78, 5) is 25.8. The van der Waals surface area contributed by atoms with Crippen LogP contribution in [0.15, 0.2) is 36.7 Å². The molecule has 3 heterocycles. The molecule has 1 saturated heterocycles. The molecule has 1 aliphatic heterocycles. The number of hydrogen-bond acceptors (Lipinski definition) is 5. The number of ether oxygens (including phenoxy) is 1. The summed E-state index contributed by atoms with van der Waals surface area (Å²) in [5.41, 5.74) is 3.52. The van der Waals surface area contributed by atoms with Gasteiger partial charge in [0.1, 0.15) is 17.8 Å². The van der Waals surface area contributed by atoms with Gasteiger partial charge in [0.25, 0.3) is 0 Å². The number of aromatic nitrogens is 3. The second kappa shape index (κ2) is 7.01. The van der Waals surface area contributed by atoms with Gasteiger partial charge < -0.3 is 25.3 Å². The number of rotatable bonds is 3. The van der Waals surface area contributed by atoms with Gasteiger partial charge in [-0.05, 0) is 23.8 Å². The summed E-state index contributed by atoms with van der Waals surface area (Å²) in [5, 5.41) is 6.27. The summed E-state index contributed by atoms with van der Waals surface area (Å²) >= 11 is 0. The number of hydrogen-bond donors (Lipinski definition) is 3. The predicted molar refractivity (Wildman–Crippen MR) is 100 cm³/mol. The maximum atomic E-state index is 11.4. The van der Waals surface area contributed by atoms with Crippen LogP contribution in [0.3, 0.4) is 0 Å². The van der Waals surface area contributed by atoms with E-state index in [0.717, 1.165) is 46.9 Å². The standard InChI is InChI=1S/C18H20N6O2/c1-19-18(25)22-13-4-2-12(3-5-13)15-10-14-16(23-15)20-11-21-17(14)24-6-8-26-9-7-24/h2-5,10-11H,6-9H2,1H3,(H2,19,22,25)(H,20,21,23). The molecule has 4 rings (SSSR count). The van der Waals surface area contributed by atoms with E-state index in [1.54, 1.807) is 13.4 Å². The molecule has 3 N–H and O–H groups in total. The molecule has 2 amide bonds. The number of fused-ring (bicyclic) bond motifs is 1. The summed E-state index contributed by atoms with van der Waals surface area (Å²) in [6.45, 7) is 3.07. The van der Waals surface area contributed by atoms with Crippen LogP contribution in [0.2, 0.25) is 0 Å². The Kier molecular flexibility index (Phi) is 4.40. The van der Waals surface area contributed by atoms with Crippen LogP contribution in [0.1, 0.15) is 0 Å². The minimum absolute atomic E-state index is 0.242. The molecule has 1 aliphatic rings. The van der Waals surface area contributed by atoms with Crippen molar-refractivity contribution in [2.75, 3.05) is 43.6 Å². The highest BCUT2D eigenvalue weighted by molar-refractivity contribution is 5.92. The van der Waals surface area contributed by atoms with Crippen LogP contribution in [0, 0.1) is 0 Å². The first kappa shape index (κ1) is 16.3. The van der Waals surface area contributed by atoms with Crippen LogP contribution in [0.5, 0.6) is 0 Å². The maximum Gasteiger partial charge on any atom is 0.318 e. The zero-order valence-corrected chi connectivity index (χ0v) is 14.5. The quantitative estimate of drug-likeness (QED) is 0.672. The Labute approximate surface area is 150 Å². The van der Waals surface area contributed by atoms with Crippen LogP contribution in [0.4, 0.5) is 16.3 Å². The number of H-pyrrole nitrogens is 1. The van der Waals surface area contributed by atoms with Crippen molar-refractivity contribution in [2.24, 2.45) is 0 Å². The number of carbonyl (C=O) groups is 1. The van der Waals surface area contributed by atoms with Crippen molar-refractivity contribution in [3.05, 3.63) is 36.7 Å². The summed E-state index contributed by atoms with van der Waals surface area (Å²) in [6, 6.07) is 9.47. The molecule has 8 heteroatoms. The minimum atomic E-state index is -0.242. The number of anilines is 2. The van der Waals surface area contributed by atoms with Gasteiger partial charge in [-0.25, -0.2) is 14.8 Å². The predicted octanol–water partition coefficient (Wildman–Crippen LogP) is 2.21. The van der Waals surface area contributed by atoms with Crippen LogP contribution < -0.4 is 15.5 Å². The lowest BCUT2D eigenvalue weighted by Gasteiger charge is -2.27. The Morgan fingerprint density at radius 3 is 2.69 bits per heavy atom. The molecular weight excluding hydrogens is 332 g/mol. The van der Waals surface area contributed by atoms with Gasteiger partial charge in [0, 0.05) is 31.5 Å². The fraction of sp³-hybridized carbons (Fsp3) is 0.278. The van der Waals surface area contributed by atoms with E-state index in [2.05, 4.69) is 36.6 Å². The van der Waals surface area contributed by atoms with Gasteiger partial charge in [-0.15, -0.1) is 0 Å². The van der Waals surface area contributed by atoms with Crippen molar-refractivity contribution >= 4 is 28.6 Å². The first-order chi connectivity index (χ1) is 12.7. The van der Waals surface area contributed by atoms with Crippen molar-refractivity contribution in [3.63, 3.8) is 0 Å². The Morgan fingerprint density at radius 1 is 1.19 bits per heavy atom. The molecule has 1 aromatic carbocycles. The number of aromatic amines is 1. The van der Waals surface area contributed by atoms with Gasteiger partial charge in [-0.3, -0.25) is 0 Å². The summed E-state index contributed by atoms with van der Waals surface area (Å²) in [6.07, 6.45) is 1.59. The number of morpholine rings is 1. The average Bonchev–Trinajstić information content (AvgIpc) is 3.13. The number of urea groups is 1. The van der Waals surface area contributed by atoms with Gasteiger partial charge in [0.05, 0.1) is 18.6 Å². The SMILES string of the molecule is CNC(=O)Nc1ccc(-c2cc3c(N4CCOCC4)ncnc3[nH]2)cc1. The fourth-order valence-electron chi connectivity index (χ4n) is 3.04. The first-order valence-electron chi connectivity index (χ1n) is 8.50. The molecule has 0 bridgehead atoms. The number of amides is 2. The van der Waals surface area contributed by atoms with Crippen molar-refractivity contribution in [1.29, 1.82) is 0 Å². The van der Waals surface area contributed by atoms with Gasteiger partial charge in [-0.1, -0.05) is 12.1 Å². The molecule has 3 aromatic rings. The number of benzene rings is 1. The molecule has 0 unspecified atom stereocenters. The highest BCUT2D eigenvalue weighted by Gasteiger charge is 2.17. The van der Waals surface area contributed by atoms with E-state index in [4.69, 9.17) is 4.74 Å². The molecule has 0 radical (unpaired) electrons. The Morgan fingerprint density at radius 2 is 1.96 bits per heavy atom. The number of carbonyl (C=O) groups excluding carboxylic acids is 1. The normalized spacial score (nSPS) is 14.4. The van der Waals surface area contributed by atoms with E-state index in [0.29, 0.717) is 13.2 Å². The van der Waals surface area contributed by atoms with E-state index >= 15 is 0 Å². The second-order valence-corrected chi connectivity index (χ2v) is 6.02. The van der Waals surface area contributed by atoms with Crippen molar-refractivity contribution in [2.45, 2.75) is 0 Å². The molecule has 1 fully saturated rings. The van der Waals surface area contributed by atoms with E-state index in [1.165, 1.54) is 0 Å². The minimum Gasteiger partial charge on any atom is -0.378 e. The highest BCUT2D eigenvalue weighted by atomic mass is 16.5. The molecule has 2 aromatic heterocycles. The van der Waals surface area contributed by atoms with Crippen molar-refractivity contribution < 1.29 is 9.53 Å². The largest absolute Gasteiger partial charge is 0.378 e. The first-order valence-corrected chi connectivity index (χ1v) is 8.50. The van der Waals surface area contributed by atoms with E-state index in [1.807, 2.05) is 24.3 Å². The zero-order valence-electron chi connectivity index (χ0n) is 14.5. The lowest BCUT2D eigenvalue weighted by atomic mass is 10.1. The summed E-state index contributed by atoms with van der Waals surface area (Å²) in [7, 11) is 1.58. The fourth-order valence-corrected chi connectivity index (χ4v) is 3.04. The molecule has 0 spiro atoms. The van der Waals surface area contributed by atoms with Crippen LogP contribution in [-0.2, 0) is 4.74 Å². The monoisotopic (exact) mass is 352 g/mol. The molecule has 0 atom stereocenters. The van der Waals surface area contributed by atoms with Gasteiger partial charge in [0.15, 0.2) is 0 Å². The summed E-state index contributed by atoms with van der Waals surface area (Å²) in [5.74, 6) is 0.929. The number of nitrogens with one attached hydrogen (secondary N) is 3. The van der Waals surface area contributed by atoms with Crippen LogP contribution in [0.25, 0.3) is 22.3 Å². The summed E-state index contributed by atoms with van der Waals surface area (Å²) < 4.78 is 5.43. The van der Waals surface area contributed by atoms with Gasteiger partial charge in [0.2, 0.25) is 0 Å². The third-order valence-electron chi connectivity index (χ3n) is 4.40. The van der Waals surface area contributed by atoms with E-state index < -0.39 is 0 Å². The average molecular weight is 352 g/mol. The van der Waals surface area contributed by atoms with Gasteiger partial charge >= 0.3 is 6.03 Å². The Balaban J connectivity index is 1.64. The smallest absolute Gasteiger partial charge is 0.318 e. The molecule has 134 valence electrons. The highest BCUT2D eigenvalue weighted by Crippen LogP contribution is 2.29. The Hall–Kier alpha value is -3.13. The second-order valence-electron chi connectivity index (χ2n) is 6.02. The third-order valence-corrected chi connectivity index (χ3v) is 4.40. The van der Waals surface area contributed by atoms with Crippen molar-refractivity contribution in [3.8, 4) is 11.3 Å². The lowest BCUT2D eigenvalue weighted by molar-refractivity contribution is 0.122. The van der Waals surface area contributed by atoms with Crippen LogP contribution >= 0.6 is 0 Å². The Bertz CT molecular complexity index is 915. The lowest BCUT2D eigenvalue weighted by Crippen LogP contribution is -2.36. The molecule has 0 saturated carbocycles. The van der Waals surface area contributed by atoms with Crippen LogP contribution in [-0.4, -0.2) is 54.3 Å². The van der Waals surface area contributed by atoms with Gasteiger partial charge in [-0.2, -0.15) is 0 Å². The molecule has 26 heavy (non-hydrogen) atoms. The third kappa shape index (κ3) is 3.18. The van der Waals surface area contributed by atoms with E-state index in [-0.39, 0.29) is 6.03 Å².